The summed E-state index contributed by atoms with van der Waals surface area (Å²) in [4.78, 5) is 22.1. The quantitative estimate of drug-likeness (QED) is 0.255. The van der Waals surface area contributed by atoms with Crippen molar-refractivity contribution in [1.29, 1.82) is 5.41 Å². The van der Waals surface area contributed by atoms with Crippen molar-refractivity contribution in [3.63, 3.8) is 0 Å². The zero-order chi connectivity index (χ0) is 23.7. The second-order valence-electron chi connectivity index (χ2n) is 8.66. The molecule has 1 aromatic heterocycles. The van der Waals surface area contributed by atoms with Crippen LogP contribution in [0, 0.1) is 23.1 Å². The van der Waals surface area contributed by atoms with E-state index in [1.807, 2.05) is 24.3 Å². The number of halogens is 1. The van der Waals surface area contributed by atoms with E-state index >= 15 is 0 Å². The van der Waals surface area contributed by atoms with Crippen molar-refractivity contribution >= 4 is 40.7 Å². The van der Waals surface area contributed by atoms with E-state index in [0.29, 0.717) is 30.6 Å². The Hall–Kier alpha value is -3.85. The van der Waals surface area contributed by atoms with Gasteiger partial charge in [-0.1, -0.05) is 11.2 Å². The number of carbonyl (C=O) groups excluding carboxylic acids is 1. The summed E-state index contributed by atoms with van der Waals surface area (Å²) in [5.41, 5.74) is 2.79. The Morgan fingerprint density at radius 2 is 1.97 bits per heavy atom. The average molecular weight is 462 g/mol. The highest BCUT2D eigenvalue weighted by molar-refractivity contribution is 6.14. The van der Waals surface area contributed by atoms with Crippen LogP contribution in [0.25, 0.3) is 10.9 Å². The number of anilines is 1. The third-order valence-electron chi connectivity index (χ3n) is 6.61. The zero-order valence-electron chi connectivity index (χ0n) is 18.8. The van der Waals surface area contributed by atoms with Crippen LogP contribution in [0.5, 0.6) is 5.75 Å². The minimum Gasteiger partial charge on any atom is -0.497 e. The largest absolute Gasteiger partial charge is 0.497 e. The lowest BCUT2D eigenvalue weighted by atomic mass is 10.0. The number of pyridine rings is 1. The van der Waals surface area contributed by atoms with Crippen LogP contribution in [0.1, 0.15) is 10.4 Å². The Balaban J connectivity index is 1.29. The molecule has 2 aliphatic rings. The number of methoxy groups -OCH3 is 1. The van der Waals surface area contributed by atoms with Crippen LogP contribution in [0.2, 0.25) is 0 Å². The molecule has 0 spiro atoms. The Kier molecular flexibility index (Phi) is 5.93. The van der Waals surface area contributed by atoms with Crippen molar-refractivity contribution in [1.82, 2.24) is 9.88 Å². The van der Waals surface area contributed by atoms with E-state index in [0.717, 1.165) is 41.8 Å². The second-order valence-corrected chi connectivity index (χ2v) is 8.66. The van der Waals surface area contributed by atoms with Crippen LogP contribution in [-0.2, 0) is 0 Å². The number of nitrogens with zero attached hydrogens (tertiary/aromatic N) is 4. The standard InChI is InChI=1S/C25H25FN6O2/c1-34-19-6-7-21-16(11-19)5-8-23(29-21)31-12-17-14-32(15-18(17)13-31)25(33)24-20(26)3-2-4-22(24)30-28-10-9-27/h2-11,17-18,27,30H,12-15H2,1H3/p+1. The number of amides is 1. The number of hydrogen-bond acceptors (Lipinski definition) is 6. The molecule has 8 nitrogen and oxygen atoms in total. The van der Waals surface area contributed by atoms with Crippen LogP contribution < -0.4 is 15.1 Å². The molecule has 34 heavy (non-hydrogen) atoms. The highest BCUT2D eigenvalue weighted by Gasteiger charge is 2.43. The number of carbonyl (C=O) groups is 1. The second kappa shape index (κ2) is 9.18. The molecule has 0 bridgehead atoms. The highest BCUT2D eigenvalue weighted by atomic mass is 19.1. The molecule has 2 aromatic carbocycles. The number of aromatic nitrogens is 1. The first kappa shape index (κ1) is 22.0. The number of rotatable bonds is 6. The molecule has 9 heteroatoms. The van der Waals surface area contributed by atoms with E-state index in [2.05, 4.69) is 16.1 Å². The maximum Gasteiger partial charge on any atom is 0.263 e. The van der Waals surface area contributed by atoms with Gasteiger partial charge in [0.2, 0.25) is 0 Å². The molecule has 3 heterocycles. The molecule has 3 aromatic rings. The van der Waals surface area contributed by atoms with Crippen LogP contribution in [0.4, 0.5) is 15.9 Å². The Morgan fingerprint density at radius 1 is 1.18 bits per heavy atom. The average Bonchev–Trinajstić information content (AvgIpc) is 3.43. The Morgan fingerprint density at radius 3 is 2.71 bits per heavy atom. The van der Waals surface area contributed by atoms with E-state index in [9.17, 15) is 9.18 Å². The minimum atomic E-state index is -0.556. The van der Waals surface area contributed by atoms with Gasteiger partial charge >= 0.3 is 0 Å². The summed E-state index contributed by atoms with van der Waals surface area (Å²) in [6, 6.07) is 14.4. The molecule has 5 rings (SSSR count). The normalized spacial score (nSPS) is 19.7. The van der Waals surface area contributed by atoms with E-state index in [4.69, 9.17) is 15.1 Å². The molecule has 2 atom stereocenters. The first-order chi connectivity index (χ1) is 16.6. The summed E-state index contributed by atoms with van der Waals surface area (Å²) >= 11 is 0. The molecule has 0 saturated carbocycles. The summed E-state index contributed by atoms with van der Waals surface area (Å²) < 4.78 is 19.9. The molecule has 3 N–H and O–H groups in total. The summed E-state index contributed by atoms with van der Waals surface area (Å²) in [5, 5.41) is 12.0. The van der Waals surface area contributed by atoms with Gasteiger partial charge < -0.3 is 19.9 Å². The number of hydrogen-bond donors (Lipinski definition) is 2. The van der Waals surface area contributed by atoms with Crippen LogP contribution in [0.3, 0.4) is 0 Å². The fourth-order valence-electron chi connectivity index (χ4n) is 4.94. The van der Waals surface area contributed by atoms with E-state index in [1.165, 1.54) is 17.7 Å². The summed E-state index contributed by atoms with van der Waals surface area (Å²) in [6.07, 6.45) is 2.32. The molecule has 0 radical (unpaired) electrons. The molecule has 2 fully saturated rings. The molecule has 2 saturated heterocycles. The molecule has 1 amide bonds. The fourth-order valence-corrected chi connectivity index (χ4v) is 4.94. The SMILES string of the molecule is COc1ccc2nc(N3CC4CN(C(=O)c5c(F)cccc5[NH2+]N=CC=N)CC4C3)ccc2c1. The molecule has 174 valence electrons. The van der Waals surface area contributed by atoms with Gasteiger partial charge in [-0.2, -0.15) is 5.43 Å². The van der Waals surface area contributed by atoms with Crippen molar-refractivity contribution in [2.75, 3.05) is 38.2 Å². The minimum absolute atomic E-state index is 0.0353. The summed E-state index contributed by atoms with van der Waals surface area (Å²) in [6.45, 7) is 2.79. The third kappa shape index (κ3) is 4.10. The molecule has 2 unspecified atom stereocenters. The number of nitrogens with two attached hydrogens (primary N) is 1. The van der Waals surface area contributed by atoms with E-state index < -0.39 is 5.82 Å². The zero-order valence-corrected chi connectivity index (χ0v) is 18.8. The van der Waals surface area contributed by atoms with Crippen molar-refractivity contribution < 1.29 is 19.3 Å². The lowest BCUT2D eigenvalue weighted by Gasteiger charge is -2.23. The van der Waals surface area contributed by atoms with Crippen molar-refractivity contribution in [3.05, 3.63) is 59.9 Å². The smallest absolute Gasteiger partial charge is 0.263 e. The number of likely N-dealkylation sites (tertiary alicyclic amines) is 1. The van der Waals surface area contributed by atoms with Crippen LogP contribution >= 0.6 is 0 Å². The van der Waals surface area contributed by atoms with Gasteiger partial charge in [-0.15, -0.1) is 0 Å². The van der Waals surface area contributed by atoms with E-state index in [-0.39, 0.29) is 11.5 Å². The monoisotopic (exact) mass is 461 g/mol. The summed E-state index contributed by atoms with van der Waals surface area (Å²) in [5.74, 6) is 1.49. The van der Waals surface area contributed by atoms with Gasteiger partial charge in [0.25, 0.3) is 5.91 Å². The van der Waals surface area contributed by atoms with Crippen molar-refractivity contribution in [2.45, 2.75) is 0 Å². The van der Waals surface area contributed by atoms with Crippen LogP contribution in [-0.4, -0.2) is 61.5 Å². The predicted octanol–water partition coefficient (Wildman–Crippen LogP) is 2.42. The first-order valence-corrected chi connectivity index (χ1v) is 11.2. The Bertz CT molecular complexity index is 1270. The van der Waals surface area contributed by atoms with Gasteiger partial charge in [0.1, 0.15) is 29.2 Å². The summed E-state index contributed by atoms with van der Waals surface area (Å²) in [7, 11) is 1.65. The molecular weight excluding hydrogens is 435 g/mol. The lowest BCUT2D eigenvalue weighted by Crippen LogP contribution is -2.72. The van der Waals surface area contributed by atoms with Crippen LogP contribution in [0.15, 0.2) is 53.6 Å². The molecule has 0 aliphatic carbocycles. The first-order valence-electron chi connectivity index (χ1n) is 11.2. The number of benzene rings is 2. The van der Waals surface area contributed by atoms with Gasteiger partial charge in [-0.05, 0) is 36.4 Å². The number of quaternary nitrogens is 1. The van der Waals surface area contributed by atoms with Crippen molar-refractivity contribution in [3.8, 4) is 5.75 Å². The fraction of sp³-hybridized carbons (Fsp3) is 0.280. The third-order valence-corrected chi connectivity index (χ3v) is 6.61. The maximum atomic E-state index is 14.6. The van der Waals surface area contributed by atoms with Gasteiger partial charge in [0.05, 0.1) is 12.6 Å². The lowest BCUT2D eigenvalue weighted by molar-refractivity contribution is -0.577. The van der Waals surface area contributed by atoms with Gasteiger partial charge in [-0.25, -0.2) is 9.37 Å². The van der Waals surface area contributed by atoms with Gasteiger partial charge in [0.15, 0.2) is 5.69 Å². The van der Waals surface area contributed by atoms with E-state index in [1.54, 1.807) is 24.1 Å². The predicted molar refractivity (Wildman–Crippen MR) is 129 cm³/mol. The molecule has 2 aliphatic heterocycles. The van der Waals surface area contributed by atoms with Crippen molar-refractivity contribution in [2.24, 2.45) is 16.9 Å². The van der Waals surface area contributed by atoms with Gasteiger partial charge in [-0.3, -0.25) is 4.79 Å². The van der Waals surface area contributed by atoms with Gasteiger partial charge in [0, 0.05) is 55.7 Å². The number of ether oxygens (including phenoxy) is 1. The number of fused-ring (bicyclic) bond motifs is 2. The molecular formula is C25H26FN6O2+. The highest BCUT2D eigenvalue weighted by Crippen LogP contribution is 2.35. The topological polar surface area (TPSA) is 98.5 Å². The number of nitrogens with one attached hydrogen (secondary N) is 1. The maximum absolute atomic E-state index is 14.6. The Labute approximate surface area is 196 Å².